The highest BCUT2D eigenvalue weighted by atomic mass is 32.2. The zero-order valence-electron chi connectivity index (χ0n) is 16.7. The van der Waals surface area contributed by atoms with Crippen LogP contribution in [0.4, 0.5) is 0 Å². The minimum Gasteiger partial charge on any atom is -0.390 e. The molecule has 0 aliphatic rings. The first-order valence-corrected chi connectivity index (χ1v) is 10.4. The zero-order valence-corrected chi connectivity index (χ0v) is 17.5. The van der Waals surface area contributed by atoms with Gasteiger partial charge in [-0.1, -0.05) is 78.4 Å². The summed E-state index contributed by atoms with van der Waals surface area (Å²) in [7, 11) is 0. The van der Waals surface area contributed by atoms with E-state index < -0.39 is 22.8 Å². The van der Waals surface area contributed by atoms with Crippen LogP contribution in [0.25, 0.3) is 0 Å². The normalized spacial score (nSPS) is 13.9. The first-order valence-electron chi connectivity index (χ1n) is 9.34. The van der Waals surface area contributed by atoms with Crippen LogP contribution in [0, 0.1) is 20.8 Å². The maximum Gasteiger partial charge on any atom is 0.191 e. The number of benzene rings is 3. The van der Waals surface area contributed by atoms with Crippen LogP contribution < -0.4 is 0 Å². The van der Waals surface area contributed by atoms with Crippen molar-refractivity contribution in [1.82, 2.24) is 0 Å². The van der Waals surface area contributed by atoms with Gasteiger partial charge < -0.3 is 5.11 Å². The fraction of sp³-hybridized carbons (Fsp3) is 0.250. The molecule has 0 fully saturated rings. The highest BCUT2D eigenvalue weighted by Gasteiger charge is 2.43. The molecule has 0 spiro atoms. The van der Waals surface area contributed by atoms with Crippen LogP contribution in [0.3, 0.4) is 0 Å². The second kappa shape index (κ2) is 8.39. The van der Waals surface area contributed by atoms with E-state index in [9.17, 15) is 9.32 Å². The molecule has 146 valence electrons. The topological polar surface area (TPSA) is 46.5 Å². The molecular weight excluding hydrogens is 368 g/mol. The second-order valence-corrected chi connectivity index (χ2v) is 8.23. The number of aliphatic hydroxyl groups excluding tert-OH is 1. The SMILES string of the molecule is Cc1cc(C)c(S(=O)OC(c2ccccc2)(c2ccccc2)[C@H](C)O)c(C)c1. The molecule has 0 aromatic heterocycles. The van der Waals surface area contributed by atoms with Crippen LogP contribution in [-0.4, -0.2) is 15.4 Å². The van der Waals surface area contributed by atoms with Gasteiger partial charge >= 0.3 is 0 Å². The Morgan fingerprint density at radius 3 is 1.68 bits per heavy atom. The highest BCUT2D eigenvalue weighted by molar-refractivity contribution is 7.80. The quantitative estimate of drug-likeness (QED) is 0.642. The van der Waals surface area contributed by atoms with Crippen molar-refractivity contribution in [2.75, 3.05) is 0 Å². The van der Waals surface area contributed by atoms with E-state index in [0.29, 0.717) is 4.90 Å². The van der Waals surface area contributed by atoms with Crippen molar-refractivity contribution in [3.63, 3.8) is 0 Å². The molecule has 0 heterocycles. The summed E-state index contributed by atoms with van der Waals surface area (Å²) < 4.78 is 19.7. The van der Waals surface area contributed by atoms with E-state index in [-0.39, 0.29) is 0 Å². The van der Waals surface area contributed by atoms with Gasteiger partial charge in [0.05, 0.1) is 11.0 Å². The number of aryl methyl sites for hydroxylation is 3. The highest BCUT2D eigenvalue weighted by Crippen LogP contribution is 2.39. The maximum absolute atomic E-state index is 13.4. The molecule has 3 rings (SSSR count). The van der Waals surface area contributed by atoms with Crippen molar-refractivity contribution in [2.45, 2.75) is 44.3 Å². The number of hydrogen-bond acceptors (Lipinski definition) is 3. The van der Waals surface area contributed by atoms with Crippen LogP contribution >= 0.6 is 0 Å². The third-order valence-corrected chi connectivity index (χ3v) is 6.36. The first-order chi connectivity index (χ1) is 13.4. The van der Waals surface area contributed by atoms with Gasteiger partial charge in [0.2, 0.25) is 0 Å². The lowest BCUT2D eigenvalue weighted by Crippen LogP contribution is -2.42. The second-order valence-electron chi connectivity index (χ2n) is 7.19. The summed E-state index contributed by atoms with van der Waals surface area (Å²) in [5.74, 6) is 0. The average molecular weight is 395 g/mol. The van der Waals surface area contributed by atoms with Crippen molar-refractivity contribution in [2.24, 2.45) is 0 Å². The predicted molar refractivity (Wildman–Crippen MR) is 113 cm³/mol. The van der Waals surface area contributed by atoms with Gasteiger partial charge in [0, 0.05) is 0 Å². The molecule has 0 saturated heterocycles. The van der Waals surface area contributed by atoms with E-state index in [0.717, 1.165) is 27.8 Å². The van der Waals surface area contributed by atoms with Gasteiger partial charge in [-0.3, -0.25) is 4.18 Å². The first kappa shape index (κ1) is 20.5. The lowest BCUT2D eigenvalue weighted by molar-refractivity contribution is -0.00984. The minimum atomic E-state index is -1.77. The van der Waals surface area contributed by atoms with E-state index >= 15 is 0 Å². The van der Waals surface area contributed by atoms with Crippen LogP contribution in [0.1, 0.15) is 34.7 Å². The standard InChI is InChI=1S/C24H26O3S/c1-17-15-18(2)23(19(3)16-17)28(26)27-24(20(4)25,21-11-7-5-8-12-21)22-13-9-6-10-14-22/h5-16,20,25H,1-4H3/t20-,28?/m0/s1. The Hall–Kier alpha value is -2.27. The molecule has 0 amide bonds. The molecular formula is C24H26O3S. The van der Waals surface area contributed by atoms with Crippen LogP contribution in [0.15, 0.2) is 77.7 Å². The van der Waals surface area contributed by atoms with E-state index in [1.165, 1.54) is 0 Å². The smallest absolute Gasteiger partial charge is 0.191 e. The fourth-order valence-corrected chi connectivity index (χ4v) is 5.07. The molecule has 0 saturated carbocycles. The van der Waals surface area contributed by atoms with E-state index in [4.69, 9.17) is 4.18 Å². The zero-order chi connectivity index (χ0) is 20.3. The van der Waals surface area contributed by atoms with Crippen molar-refractivity contribution >= 4 is 11.1 Å². The van der Waals surface area contributed by atoms with Crippen molar-refractivity contribution in [1.29, 1.82) is 0 Å². The van der Waals surface area contributed by atoms with Gasteiger partial charge in [0.15, 0.2) is 16.7 Å². The third kappa shape index (κ3) is 3.81. The summed E-state index contributed by atoms with van der Waals surface area (Å²) >= 11 is -1.77. The van der Waals surface area contributed by atoms with E-state index in [1.54, 1.807) is 6.92 Å². The summed E-state index contributed by atoms with van der Waals surface area (Å²) in [4.78, 5) is 0.655. The summed E-state index contributed by atoms with van der Waals surface area (Å²) in [5.41, 5.74) is 3.20. The molecule has 0 aliphatic heterocycles. The maximum atomic E-state index is 13.4. The number of aliphatic hydroxyl groups is 1. The number of rotatable bonds is 6. The molecule has 0 radical (unpaired) electrons. The molecule has 28 heavy (non-hydrogen) atoms. The predicted octanol–water partition coefficient (Wildman–Crippen LogP) is 4.98. The van der Waals surface area contributed by atoms with Gasteiger partial charge in [-0.05, 0) is 49.9 Å². The molecule has 3 aromatic carbocycles. The Bertz CT molecular complexity index is 903. The van der Waals surface area contributed by atoms with Crippen molar-refractivity contribution in [3.05, 3.63) is 101 Å². The van der Waals surface area contributed by atoms with Crippen molar-refractivity contribution < 1.29 is 13.5 Å². The van der Waals surface area contributed by atoms with Gasteiger partial charge in [0.25, 0.3) is 0 Å². The lowest BCUT2D eigenvalue weighted by atomic mass is 9.82. The Morgan fingerprint density at radius 1 is 0.857 bits per heavy atom. The molecule has 1 N–H and O–H groups in total. The van der Waals surface area contributed by atoms with Gasteiger partial charge in [-0.15, -0.1) is 0 Å². The van der Waals surface area contributed by atoms with Gasteiger partial charge in [-0.25, -0.2) is 4.21 Å². The largest absolute Gasteiger partial charge is 0.390 e. The van der Waals surface area contributed by atoms with Crippen LogP contribution in [-0.2, 0) is 20.9 Å². The summed E-state index contributed by atoms with van der Waals surface area (Å²) in [6.45, 7) is 7.56. The third-order valence-electron chi connectivity index (χ3n) is 4.97. The van der Waals surface area contributed by atoms with Gasteiger partial charge in [0.1, 0.15) is 0 Å². The molecule has 1 unspecified atom stereocenters. The molecule has 3 aromatic rings. The monoisotopic (exact) mass is 394 g/mol. The Morgan fingerprint density at radius 2 is 1.29 bits per heavy atom. The average Bonchev–Trinajstić information content (AvgIpc) is 2.66. The molecule has 2 atom stereocenters. The van der Waals surface area contributed by atoms with Crippen molar-refractivity contribution in [3.8, 4) is 0 Å². The van der Waals surface area contributed by atoms with Crippen LogP contribution in [0.5, 0.6) is 0 Å². The van der Waals surface area contributed by atoms with E-state index in [2.05, 4.69) is 0 Å². The number of hydrogen-bond donors (Lipinski definition) is 1. The lowest BCUT2D eigenvalue weighted by Gasteiger charge is -2.36. The fourth-order valence-electron chi connectivity index (χ4n) is 3.78. The van der Waals surface area contributed by atoms with E-state index in [1.807, 2.05) is 93.6 Å². The van der Waals surface area contributed by atoms with Crippen LogP contribution in [0.2, 0.25) is 0 Å². The van der Waals surface area contributed by atoms with Gasteiger partial charge in [-0.2, -0.15) is 0 Å². The molecule has 0 bridgehead atoms. The summed E-state index contributed by atoms with van der Waals surface area (Å²) in [6, 6.07) is 23.0. The Labute approximate surface area is 169 Å². The minimum absolute atomic E-state index is 0.655. The molecule has 0 aliphatic carbocycles. The Kier molecular flexibility index (Phi) is 6.14. The Balaban J connectivity index is 2.17. The molecule has 4 heteroatoms. The summed E-state index contributed by atoms with van der Waals surface area (Å²) in [6.07, 6.45) is -0.924. The molecule has 3 nitrogen and oxygen atoms in total. The summed E-state index contributed by atoms with van der Waals surface area (Å²) in [5, 5.41) is 10.9.